The van der Waals surface area contributed by atoms with E-state index >= 15 is 0 Å². The molecule has 0 aliphatic carbocycles. The largest absolute Gasteiger partial charge is 0.487 e. The zero-order valence-electron chi connectivity index (χ0n) is 15.3. The van der Waals surface area contributed by atoms with Crippen molar-refractivity contribution in [3.8, 4) is 11.5 Å². The molecular formula is C21H25NO3. The summed E-state index contributed by atoms with van der Waals surface area (Å²) in [6.07, 6.45) is 0.722. The predicted octanol–water partition coefficient (Wildman–Crippen LogP) is 4.10. The van der Waals surface area contributed by atoms with Gasteiger partial charge in [-0.2, -0.15) is 0 Å². The van der Waals surface area contributed by atoms with Gasteiger partial charge in [0, 0.05) is 12.0 Å². The highest BCUT2D eigenvalue weighted by Crippen LogP contribution is 2.39. The van der Waals surface area contributed by atoms with Crippen LogP contribution in [0.25, 0.3) is 0 Å². The second-order valence-corrected chi connectivity index (χ2v) is 7.28. The lowest BCUT2D eigenvalue weighted by atomic mass is 9.89. The number of carbonyl (C=O) groups excluding carboxylic acids is 1. The number of aryl methyl sites for hydroxylation is 2. The van der Waals surface area contributed by atoms with Gasteiger partial charge >= 0.3 is 0 Å². The van der Waals surface area contributed by atoms with Crippen LogP contribution in [0.1, 0.15) is 43.0 Å². The normalized spacial score (nSPS) is 18.0. The molecule has 0 aromatic heterocycles. The molecule has 1 aliphatic heterocycles. The van der Waals surface area contributed by atoms with Gasteiger partial charge < -0.3 is 14.8 Å². The average Bonchev–Trinajstić information content (AvgIpc) is 2.54. The van der Waals surface area contributed by atoms with Gasteiger partial charge in [-0.1, -0.05) is 35.9 Å². The molecule has 0 unspecified atom stereocenters. The molecule has 0 saturated heterocycles. The second-order valence-electron chi connectivity index (χ2n) is 7.28. The van der Waals surface area contributed by atoms with Gasteiger partial charge in [0.1, 0.15) is 17.1 Å². The van der Waals surface area contributed by atoms with E-state index < -0.39 is 0 Å². The van der Waals surface area contributed by atoms with Gasteiger partial charge in [-0.25, -0.2) is 0 Å². The van der Waals surface area contributed by atoms with E-state index in [9.17, 15) is 4.79 Å². The highest BCUT2D eigenvalue weighted by molar-refractivity contribution is 5.78. The van der Waals surface area contributed by atoms with E-state index in [1.807, 2.05) is 64.1 Å². The minimum Gasteiger partial charge on any atom is -0.487 e. The number of nitrogens with one attached hydrogen (secondary N) is 1. The molecule has 0 fully saturated rings. The Bertz CT molecular complexity index is 782. The summed E-state index contributed by atoms with van der Waals surface area (Å²) in [6, 6.07) is 13.7. The molecule has 4 nitrogen and oxygen atoms in total. The van der Waals surface area contributed by atoms with Gasteiger partial charge in [0.25, 0.3) is 5.91 Å². The lowest BCUT2D eigenvalue weighted by Gasteiger charge is -2.38. The van der Waals surface area contributed by atoms with Crippen molar-refractivity contribution in [2.75, 3.05) is 6.61 Å². The number of ether oxygens (including phenoxy) is 2. The minimum atomic E-state index is -0.322. The molecule has 3 rings (SSSR count). The molecule has 1 aliphatic rings. The first kappa shape index (κ1) is 17.3. The maximum absolute atomic E-state index is 12.4. The Hall–Kier alpha value is -2.49. The fourth-order valence-corrected chi connectivity index (χ4v) is 3.20. The monoisotopic (exact) mass is 339 g/mol. The van der Waals surface area contributed by atoms with Crippen LogP contribution < -0.4 is 14.8 Å². The molecule has 0 radical (unpaired) electrons. The Morgan fingerprint density at radius 1 is 1.24 bits per heavy atom. The molecule has 132 valence electrons. The Labute approximate surface area is 149 Å². The van der Waals surface area contributed by atoms with Gasteiger partial charge in [-0.05, 0) is 45.4 Å². The van der Waals surface area contributed by atoms with Gasteiger partial charge in [0.2, 0.25) is 0 Å². The van der Waals surface area contributed by atoms with Gasteiger partial charge in [0.15, 0.2) is 6.61 Å². The molecule has 0 saturated carbocycles. The Morgan fingerprint density at radius 2 is 2.00 bits per heavy atom. The van der Waals surface area contributed by atoms with Crippen molar-refractivity contribution in [3.63, 3.8) is 0 Å². The standard InChI is InChI=1S/C21H25NO3/c1-14-9-10-19-16(11-14)17(12-21(3,4)25-19)22-20(23)13-24-18-8-6-5-7-15(18)2/h5-11,17H,12-13H2,1-4H3,(H,22,23)/t17-/m1/s1. The van der Waals surface area contributed by atoms with Crippen molar-refractivity contribution in [2.45, 2.75) is 45.8 Å². The fourth-order valence-electron chi connectivity index (χ4n) is 3.20. The van der Waals surface area contributed by atoms with E-state index in [-0.39, 0.29) is 24.2 Å². The summed E-state index contributed by atoms with van der Waals surface area (Å²) in [5.41, 5.74) is 2.88. The maximum atomic E-state index is 12.4. The summed E-state index contributed by atoms with van der Waals surface area (Å²) in [5, 5.41) is 3.10. The first-order valence-electron chi connectivity index (χ1n) is 8.61. The summed E-state index contributed by atoms with van der Waals surface area (Å²) >= 11 is 0. The van der Waals surface area contributed by atoms with Gasteiger partial charge in [-0.3, -0.25) is 4.79 Å². The Morgan fingerprint density at radius 3 is 2.76 bits per heavy atom. The summed E-state index contributed by atoms with van der Waals surface area (Å²) in [6.45, 7) is 8.09. The third kappa shape index (κ3) is 4.13. The third-order valence-electron chi connectivity index (χ3n) is 4.41. The van der Waals surface area contributed by atoms with E-state index in [1.165, 1.54) is 0 Å². The third-order valence-corrected chi connectivity index (χ3v) is 4.41. The topological polar surface area (TPSA) is 47.6 Å². The van der Waals surface area contributed by atoms with Gasteiger partial charge in [-0.15, -0.1) is 0 Å². The minimum absolute atomic E-state index is 0.00376. The maximum Gasteiger partial charge on any atom is 0.258 e. The zero-order valence-corrected chi connectivity index (χ0v) is 15.3. The van der Waals surface area contributed by atoms with Crippen molar-refractivity contribution in [2.24, 2.45) is 0 Å². The molecule has 25 heavy (non-hydrogen) atoms. The first-order chi connectivity index (χ1) is 11.8. The van der Waals surface area contributed by atoms with Crippen LogP contribution in [0.15, 0.2) is 42.5 Å². The van der Waals surface area contributed by atoms with E-state index in [0.717, 1.165) is 34.6 Å². The van der Waals surface area contributed by atoms with Crippen LogP contribution in [-0.4, -0.2) is 18.1 Å². The zero-order chi connectivity index (χ0) is 18.0. The number of rotatable bonds is 4. The van der Waals surface area contributed by atoms with Crippen LogP contribution in [0.2, 0.25) is 0 Å². The molecule has 1 amide bonds. The highest BCUT2D eigenvalue weighted by atomic mass is 16.5. The van der Waals surface area contributed by atoms with Crippen LogP contribution in [0.4, 0.5) is 0 Å². The van der Waals surface area contributed by atoms with Crippen LogP contribution >= 0.6 is 0 Å². The number of para-hydroxylation sites is 1. The fraction of sp³-hybridized carbons (Fsp3) is 0.381. The smallest absolute Gasteiger partial charge is 0.258 e. The quantitative estimate of drug-likeness (QED) is 0.912. The number of amides is 1. The number of hydrogen-bond acceptors (Lipinski definition) is 3. The van der Waals surface area contributed by atoms with Crippen LogP contribution in [0.3, 0.4) is 0 Å². The van der Waals surface area contributed by atoms with Crippen LogP contribution in [-0.2, 0) is 4.79 Å². The van der Waals surface area contributed by atoms with Gasteiger partial charge in [0.05, 0.1) is 6.04 Å². The lowest BCUT2D eigenvalue weighted by molar-refractivity contribution is -0.124. The summed E-state index contributed by atoms with van der Waals surface area (Å²) in [4.78, 5) is 12.4. The molecule has 2 aromatic rings. The summed E-state index contributed by atoms with van der Waals surface area (Å²) in [5.74, 6) is 1.45. The molecule has 4 heteroatoms. The van der Waals surface area contributed by atoms with Crippen molar-refractivity contribution in [3.05, 3.63) is 59.2 Å². The lowest BCUT2D eigenvalue weighted by Crippen LogP contribution is -2.42. The highest BCUT2D eigenvalue weighted by Gasteiger charge is 2.34. The molecule has 0 bridgehead atoms. The van der Waals surface area contributed by atoms with Crippen molar-refractivity contribution in [1.82, 2.24) is 5.32 Å². The number of benzene rings is 2. The second kappa shape index (κ2) is 6.79. The van der Waals surface area contributed by atoms with Crippen LogP contribution in [0.5, 0.6) is 11.5 Å². The van der Waals surface area contributed by atoms with Crippen molar-refractivity contribution < 1.29 is 14.3 Å². The van der Waals surface area contributed by atoms with E-state index in [4.69, 9.17) is 9.47 Å². The molecule has 1 heterocycles. The van der Waals surface area contributed by atoms with Crippen molar-refractivity contribution >= 4 is 5.91 Å². The number of carbonyl (C=O) groups is 1. The van der Waals surface area contributed by atoms with Crippen LogP contribution in [0, 0.1) is 13.8 Å². The Kier molecular flexibility index (Phi) is 4.71. The SMILES string of the molecule is Cc1ccc2c(c1)[C@H](NC(=O)COc1ccccc1C)CC(C)(C)O2. The molecule has 2 aromatic carbocycles. The molecule has 1 atom stereocenters. The molecule has 1 N–H and O–H groups in total. The molecular weight excluding hydrogens is 314 g/mol. The van der Waals surface area contributed by atoms with Crippen molar-refractivity contribution in [1.29, 1.82) is 0 Å². The number of hydrogen-bond donors (Lipinski definition) is 1. The summed E-state index contributed by atoms with van der Waals surface area (Å²) in [7, 11) is 0. The Balaban J connectivity index is 1.70. The van der Waals surface area contributed by atoms with E-state index in [1.54, 1.807) is 0 Å². The van der Waals surface area contributed by atoms with E-state index in [2.05, 4.69) is 11.4 Å². The molecule has 0 spiro atoms. The number of fused-ring (bicyclic) bond motifs is 1. The summed E-state index contributed by atoms with van der Waals surface area (Å²) < 4.78 is 11.7. The average molecular weight is 339 g/mol. The predicted molar refractivity (Wildman–Crippen MR) is 98.1 cm³/mol. The first-order valence-corrected chi connectivity index (χ1v) is 8.61. The van der Waals surface area contributed by atoms with E-state index in [0.29, 0.717) is 0 Å².